The molecule has 2 rings (SSSR count). The summed E-state index contributed by atoms with van der Waals surface area (Å²) >= 11 is 0. The molecule has 3 N–H and O–H groups in total. The maximum absolute atomic E-state index is 12.7. The van der Waals surface area contributed by atoms with Gasteiger partial charge in [-0.15, -0.1) is 0 Å². The predicted molar refractivity (Wildman–Crippen MR) is 96.8 cm³/mol. The molecule has 0 aliphatic heterocycles. The van der Waals surface area contributed by atoms with Gasteiger partial charge in [-0.25, -0.2) is 18.4 Å². The lowest BCUT2D eigenvalue weighted by molar-refractivity contribution is -0.138. The average Bonchev–Trinajstić information content (AvgIpc) is 2.57. The van der Waals surface area contributed by atoms with E-state index in [2.05, 4.69) is 20.0 Å². The SMILES string of the molecule is Cc1cc(C)c(S(=O)(=O)N[C@H](CNC(=O)c2cncnc2)C(=O)O)c(C)c1. The van der Waals surface area contributed by atoms with Gasteiger partial charge < -0.3 is 10.4 Å². The molecular formula is C17H20N4O5S. The molecule has 9 nitrogen and oxygen atoms in total. The third kappa shape index (κ3) is 5.08. The Morgan fingerprint density at radius 2 is 1.67 bits per heavy atom. The Kier molecular flexibility index (Phi) is 6.24. The van der Waals surface area contributed by atoms with Crippen molar-refractivity contribution in [2.24, 2.45) is 0 Å². The number of amides is 1. The van der Waals surface area contributed by atoms with Crippen molar-refractivity contribution in [1.29, 1.82) is 0 Å². The molecule has 0 saturated carbocycles. The highest BCUT2D eigenvalue weighted by molar-refractivity contribution is 7.89. The van der Waals surface area contributed by atoms with E-state index < -0.39 is 34.5 Å². The van der Waals surface area contributed by atoms with Gasteiger partial charge in [0.15, 0.2) is 0 Å². The van der Waals surface area contributed by atoms with Crippen molar-refractivity contribution in [2.75, 3.05) is 6.54 Å². The number of carbonyl (C=O) groups is 2. The molecule has 0 bridgehead atoms. The second-order valence-electron chi connectivity index (χ2n) is 6.08. The smallest absolute Gasteiger partial charge is 0.323 e. The summed E-state index contributed by atoms with van der Waals surface area (Å²) in [7, 11) is -4.10. The molecule has 0 radical (unpaired) electrons. The number of nitrogens with one attached hydrogen (secondary N) is 2. The van der Waals surface area contributed by atoms with Gasteiger partial charge in [0.1, 0.15) is 12.4 Å². The van der Waals surface area contributed by atoms with Crippen molar-refractivity contribution in [2.45, 2.75) is 31.7 Å². The number of benzene rings is 1. The van der Waals surface area contributed by atoms with Gasteiger partial charge in [-0.05, 0) is 31.9 Å². The summed E-state index contributed by atoms with van der Waals surface area (Å²) in [6.07, 6.45) is 3.78. The fourth-order valence-corrected chi connectivity index (χ4v) is 4.37. The number of sulfonamides is 1. The molecule has 0 aliphatic carbocycles. The van der Waals surface area contributed by atoms with Crippen LogP contribution in [0.4, 0.5) is 0 Å². The van der Waals surface area contributed by atoms with Gasteiger partial charge in [-0.1, -0.05) is 17.7 Å². The number of aromatic nitrogens is 2. The van der Waals surface area contributed by atoms with Crippen molar-refractivity contribution in [1.82, 2.24) is 20.0 Å². The van der Waals surface area contributed by atoms with Crippen LogP contribution in [0.15, 0.2) is 35.7 Å². The zero-order valence-electron chi connectivity index (χ0n) is 15.1. The number of hydrogen-bond donors (Lipinski definition) is 3. The molecule has 0 aliphatic rings. The van der Waals surface area contributed by atoms with E-state index in [4.69, 9.17) is 0 Å². The lowest BCUT2D eigenvalue weighted by Gasteiger charge is -2.18. The van der Waals surface area contributed by atoms with Crippen molar-refractivity contribution in [3.63, 3.8) is 0 Å². The minimum absolute atomic E-state index is 0.0298. The standard InChI is InChI=1S/C17H20N4O5S/c1-10-4-11(2)15(12(3)5-10)27(25,26)21-14(17(23)24)8-20-16(22)13-6-18-9-19-7-13/h4-7,9,14,21H,8H2,1-3H3,(H,20,22)(H,23,24)/t14-/m1/s1. The Labute approximate surface area is 156 Å². The van der Waals surface area contributed by atoms with Crippen molar-refractivity contribution < 1.29 is 23.1 Å². The van der Waals surface area contributed by atoms with Gasteiger partial charge >= 0.3 is 5.97 Å². The molecular weight excluding hydrogens is 372 g/mol. The van der Waals surface area contributed by atoms with Crippen LogP contribution in [0.2, 0.25) is 0 Å². The zero-order chi connectivity index (χ0) is 20.2. The van der Waals surface area contributed by atoms with Gasteiger partial charge in [-0.2, -0.15) is 4.72 Å². The lowest BCUT2D eigenvalue weighted by atomic mass is 10.1. The van der Waals surface area contributed by atoms with Crippen LogP contribution in [0, 0.1) is 20.8 Å². The van der Waals surface area contributed by atoms with Crippen LogP contribution in [0.5, 0.6) is 0 Å². The first-order valence-corrected chi connectivity index (χ1v) is 9.46. The van der Waals surface area contributed by atoms with E-state index in [0.717, 1.165) is 5.56 Å². The Hall–Kier alpha value is -2.85. The summed E-state index contributed by atoms with van der Waals surface area (Å²) < 4.78 is 27.6. The highest BCUT2D eigenvalue weighted by Gasteiger charge is 2.28. The van der Waals surface area contributed by atoms with E-state index in [1.807, 2.05) is 6.92 Å². The summed E-state index contributed by atoms with van der Waals surface area (Å²) in [5, 5.41) is 11.7. The van der Waals surface area contributed by atoms with Crippen LogP contribution in [0.3, 0.4) is 0 Å². The van der Waals surface area contributed by atoms with Gasteiger partial charge in [0.2, 0.25) is 10.0 Å². The number of carboxylic acid groups (broad SMARTS) is 1. The van der Waals surface area contributed by atoms with Gasteiger partial charge in [0.05, 0.1) is 10.5 Å². The lowest BCUT2D eigenvalue weighted by Crippen LogP contribution is -2.48. The van der Waals surface area contributed by atoms with Crippen LogP contribution in [-0.2, 0) is 14.8 Å². The summed E-state index contributed by atoms with van der Waals surface area (Å²) in [4.78, 5) is 30.9. The third-order valence-electron chi connectivity index (χ3n) is 3.76. The molecule has 0 fully saturated rings. The number of aliphatic carboxylic acids is 1. The molecule has 1 heterocycles. The Balaban J connectivity index is 2.18. The minimum atomic E-state index is -4.10. The number of carboxylic acids is 1. The average molecular weight is 392 g/mol. The Bertz CT molecular complexity index is 938. The normalized spacial score (nSPS) is 12.4. The van der Waals surface area contributed by atoms with Crippen LogP contribution in [0.1, 0.15) is 27.0 Å². The largest absolute Gasteiger partial charge is 0.480 e. The monoisotopic (exact) mass is 392 g/mol. The third-order valence-corrected chi connectivity index (χ3v) is 5.53. The number of hydrogen-bond acceptors (Lipinski definition) is 6. The number of aryl methyl sites for hydroxylation is 3. The highest BCUT2D eigenvalue weighted by Crippen LogP contribution is 2.21. The second-order valence-corrected chi connectivity index (χ2v) is 7.73. The molecule has 1 amide bonds. The molecule has 1 aromatic carbocycles. The number of nitrogens with zero attached hydrogens (tertiary/aromatic N) is 2. The highest BCUT2D eigenvalue weighted by atomic mass is 32.2. The zero-order valence-corrected chi connectivity index (χ0v) is 15.9. The summed E-state index contributed by atoms with van der Waals surface area (Å²) in [6, 6.07) is 1.87. The van der Waals surface area contributed by atoms with Crippen LogP contribution in [-0.4, -0.2) is 48.0 Å². The number of rotatable bonds is 7. The molecule has 27 heavy (non-hydrogen) atoms. The quantitative estimate of drug-likeness (QED) is 0.626. The maximum atomic E-state index is 12.7. The van der Waals surface area contributed by atoms with E-state index in [-0.39, 0.29) is 10.5 Å². The molecule has 1 aromatic heterocycles. The minimum Gasteiger partial charge on any atom is -0.480 e. The van der Waals surface area contributed by atoms with E-state index in [1.165, 1.54) is 18.7 Å². The Morgan fingerprint density at radius 1 is 1.11 bits per heavy atom. The maximum Gasteiger partial charge on any atom is 0.323 e. The van der Waals surface area contributed by atoms with E-state index in [9.17, 15) is 23.1 Å². The van der Waals surface area contributed by atoms with E-state index in [0.29, 0.717) is 11.1 Å². The molecule has 1 atom stereocenters. The summed E-state index contributed by atoms with van der Waals surface area (Å²) in [5.41, 5.74) is 2.05. The number of carbonyl (C=O) groups excluding carboxylic acids is 1. The fraction of sp³-hybridized carbons (Fsp3) is 0.294. The topological polar surface area (TPSA) is 138 Å². The van der Waals surface area contributed by atoms with Gasteiger partial charge in [-0.3, -0.25) is 9.59 Å². The first-order chi connectivity index (χ1) is 12.6. The first kappa shape index (κ1) is 20.5. The summed E-state index contributed by atoms with van der Waals surface area (Å²) in [5.74, 6) is -2.02. The molecule has 0 saturated heterocycles. The molecule has 2 aromatic rings. The van der Waals surface area contributed by atoms with E-state index >= 15 is 0 Å². The van der Waals surface area contributed by atoms with Gasteiger partial charge in [0.25, 0.3) is 5.91 Å². The summed E-state index contributed by atoms with van der Waals surface area (Å²) in [6.45, 7) is 4.68. The van der Waals surface area contributed by atoms with Crippen molar-refractivity contribution >= 4 is 21.9 Å². The van der Waals surface area contributed by atoms with Gasteiger partial charge in [0, 0.05) is 18.9 Å². The molecule has 0 unspecified atom stereocenters. The molecule has 0 spiro atoms. The fourth-order valence-electron chi connectivity index (χ4n) is 2.73. The van der Waals surface area contributed by atoms with E-state index in [1.54, 1.807) is 26.0 Å². The van der Waals surface area contributed by atoms with Crippen LogP contribution < -0.4 is 10.0 Å². The Morgan fingerprint density at radius 3 is 2.19 bits per heavy atom. The predicted octanol–water partition coefficient (Wildman–Crippen LogP) is 0.563. The molecule has 144 valence electrons. The van der Waals surface area contributed by atoms with Crippen LogP contribution in [0.25, 0.3) is 0 Å². The van der Waals surface area contributed by atoms with Crippen molar-refractivity contribution in [3.05, 3.63) is 53.1 Å². The first-order valence-electron chi connectivity index (χ1n) is 7.98. The van der Waals surface area contributed by atoms with Crippen molar-refractivity contribution in [3.8, 4) is 0 Å². The second kappa shape index (κ2) is 8.23. The van der Waals surface area contributed by atoms with Crippen LogP contribution >= 0.6 is 0 Å². The molecule has 10 heteroatoms.